The highest BCUT2D eigenvalue weighted by molar-refractivity contribution is 6.30. The van der Waals surface area contributed by atoms with Gasteiger partial charge in [0.15, 0.2) is 0 Å². The molecule has 0 aliphatic carbocycles. The molecule has 2 aromatic carbocycles. The minimum absolute atomic E-state index is 0.0399. The van der Waals surface area contributed by atoms with Gasteiger partial charge >= 0.3 is 0 Å². The lowest BCUT2D eigenvalue weighted by atomic mass is 10.2. The fourth-order valence-corrected chi connectivity index (χ4v) is 3.58. The summed E-state index contributed by atoms with van der Waals surface area (Å²) in [6, 6.07) is 11.1. The molecule has 0 N–H and O–H groups in total. The van der Waals surface area contributed by atoms with Crippen LogP contribution in [0.4, 0.5) is 15.8 Å². The molecule has 0 aromatic heterocycles. The lowest BCUT2D eigenvalue weighted by Gasteiger charge is -2.36. The number of nitro benzene ring substituents is 1. The van der Waals surface area contributed by atoms with Crippen LogP contribution >= 0.6 is 11.6 Å². The molecule has 1 amide bonds. The summed E-state index contributed by atoms with van der Waals surface area (Å²) < 4.78 is 13.8. The number of amides is 1. The topological polar surface area (TPSA) is 69.9 Å². The number of anilines is 1. The van der Waals surface area contributed by atoms with Crippen LogP contribution < -0.4 is 4.90 Å². The number of rotatable bonds is 6. The Bertz CT molecular complexity index is 903. The predicted octanol–water partition coefficient (Wildman–Crippen LogP) is 3.17. The number of benzene rings is 2. The largest absolute Gasteiger partial charge is 0.362 e. The monoisotopic (exact) mass is 420 g/mol. The van der Waals surface area contributed by atoms with Crippen LogP contribution in [0.3, 0.4) is 0 Å². The van der Waals surface area contributed by atoms with Crippen LogP contribution in [-0.2, 0) is 11.3 Å². The van der Waals surface area contributed by atoms with Gasteiger partial charge in [-0.2, -0.15) is 0 Å². The van der Waals surface area contributed by atoms with Crippen molar-refractivity contribution in [3.8, 4) is 0 Å². The maximum Gasteiger partial charge on any atom is 0.294 e. The first-order chi connectivity index (χ1) is 13.8. The average molecular weight is 421 g/mol. The zero-order valence-electron chi connectivity index (χ0n) is 16.1. The van der Waals surface area contributed by atoms with Gasteiger partial charge in [0.1, 0.15) is 11.5 Å². The molecule has 0 bridgehead atoms. The van der Waals surface area contributed by atoms with Gasteiger partial charge in [-0.1, -0.05) is 29.8 Å². The Balaban J connectivity index is 1.56. The van der Waals surface area contributed by atoms with Crippen LogP contribution in [0.25, 0.3) is 0 Å². The molecule has 7 nitrogen and oxygen atoms in total. The van der Waals surface area contributed by atoms with Crippen LogP contribution in [0.1, 0.15) is 5.56 Å². The third-order valence-electron chi connectivity index (χ3n) is 4.91. The second kappa shape index (κ2) is 9.19. The molecule has 1 aliphatic heterocycles. The Morgan fingerprint density at radius 3 is 2.55 bits per heavy atom. The van der Waals surface area contributed by atoms with Crippen molar-refractivity contribution in [1.29, 1.82) is 0 Å². The van der Waals surface area contributed by atoms with Crippen molar-refractivity contribution in [1.82, 2.24) is 9.80 Å². The summed E-state index contributed by atoms with van der Waals surface area (Å²) in [5.41, 5.74) is 1.01. The van der Waals surface area contributed by atoms with E-state index in [1.807, 2.05) is 4.90 Å². The molecule has 0 saturated carbocycles. The molecule has 0 unspecified atom stereocenters. The third kappa shape index (κ3) is 5.21. The molecular weight excluding hydrogens is 399 g/mol. The molecule has 9 heteroatoms. The zero-order chi connectivity index (χ0) is 21.0. The average Bonchev–Trinajstić information content (AvgIpc) is 2.69. The summed E-state index contributed by atoms with van der Waals surface area (Å²) in [6.45, 7) is 2.43. The van der Waals surface area contributed by atoms with E-state index in [2.05, 4.69) is 0 Å². The second-order valence-electron chi connectivity index (χ2n) is 7.02. The Kier molecular flexibility index (Phi) is 6.66. The molecule has 0 spiro atoms. The maximum atomic E-state index is 13.8. The number of nitrogens with zero attached hydrogens (tertiary/aromatic N) is 4. The molecule has 1 fully saturated rings. The van der Waals surface area contributed by atoms with Crippen molar-refractivity contribution in [2.45, 2.75) is 6.54 Å². The van der Waals surface area contributed by atoms with Gasteiger partial charge in [-0.15, -0.1) is 0 Å². The summed E-state index contributed by atoms with van der Waals surface area (Å²) in [5, 5.41) is 11.6. The first-order valence-corrected chi connectivity index (χ1v) is 9.61. The lowest BCUT2D eigenvalue weighted by Crippen LogP contribution is -2.51. The summed E-state index contributed by atoms with van der Waals surface area (Å²) in [7, 11) is 1.78. The van der Waals surface area contributed by atoms with Gasteiger partial charge in [0, 0.05) is 49.4 Å². The van der Waals surface area contributed by atoms with Crippen molar-refractivity contribution in [3.05, 3.63) is 69.0 Å². The van der Waals surface area contributed by atoms with E-state index in [1.54, 1.807) is 47.2 Å². The molecule has 154 valence electrons. The number of hydrogen-bond donors (Lipinski definition) is 0. The molecule has 1 saturated heterocycles. The fourth-order valence-electron chi connectivity index (χ4n) is 3.41. The van der Waals surface area contributed by atoms with E-state index in [0.29, 0.717) is 49.0 Å². The van der Waals surface area contributed by atoms with E-state index in [1.165, 1.54) is 12.1 Å². The normalized spacial score (nSPS) is 14.3. The molecule has 29 heavy (non-hydrogen) atoms. The highest BCUT2D eigenvalue weighted by Gasteiger charge is 2.26. The van der Waals surface area contributed by atoms with Crippen molar-refractivity contribution >= 4 is 28.9 Å². The Morgan fingerprint density at radius 2 is 1.90 bits per heavy atom. The zero-order valence-corrected chi connectivity index (χ0v) is 16.8. The number of hydrogen-bond acceptors (Lipinski definition) is 5. The van der Waals surface area contributed by atoms with E-state index in [-0.39, 0.29) is 24.0 Å². The van der Waals surface area contributed by atoms with E-state index < -0.39 is 4.92 Å². The second-order valence-corrected chi connectivity index (χ2v) is 7.46. The summed E-state index contributed by atoms with van der Waals surface area (Å²) in [4.78, 5) is 28.9. The van der Waals surface area contributed by atoms with Crippen molar-refractivity contribution in [2.75, 3.05) is 44.7 Å². The SMILES string of the molecule is CN(CC(=O)N1CCN(c2ccc(Cl)cc2[N+](=O)[O-])CC1)Cc1ccccc1F. The number of carbonyl (C=O) groups is 1. The van der Waals surface area contributed by atoms with Gasteiger partial charge in [0.25, 0.3) is 5.69 Å². The van der Waals surface area contributed by atoms with Crippen molar-refractivity contribution in [2.24, 2.45) is 0 Å². The van der Waals surface area contributed by atoms with Crippen LogP contribution in [0.5, 0.6) is 0 Å². The van der Waals surface area contributed by atoms with Crippen LogP contribution in [0, 0.1) is 15.9 Å². The van der Waals surface area contributed by atoms with Crippen molar-refractivity contribution < 1.29 is 14.1 Å². The number of halogens is 2. The molecular formula is C20H22ClFN4O3. The van der Waals surface area contributed by atoms with Crippen LogP contribution in [0.2, 0.25) is 5.02 Å². The van der Waals surface area contributed by atoms with Gasteiger partial charge in [-0.3, -0.25) is 19.8 Å². The number of nitro groups is 1. The van der Waals surface area contributed by atoms with E-state index in [9.17, 15) is 19.3 Å². The molecule has 2 aromatic rings. The molecule has 0 atom stereocenters. The van der Waals surface area contributed by atoms with Gasteiger partial charge in [0.2, 0.25) is 5.91 Å². The number of likely N-dealkylation sites (N-methyl/N-ethyl adjacent to an activating group) is 1. The van der Waals surface area contributed by atoms with Crippen molar-refractivity contribution in [3.63, 3.8) is 0 Å². The summed E-state index contributed by atoms with van der Waals surface area (Å²) >= 11 is 5.88. The van der Waals surface area contributed by atoms with Crippen LogP contribution in [0.15, 0.2) is 42.5 Å². The number of carbonyl (C=O) groups excluding carboxylic acids is 1. The first-order valence-electron chi connectivity index (χ1n) is 9.24. The Hall–Kier alpha value is -2.71. The minimum atomic E-state index is -0.448. The lowest BCUT2D eigenvalue weighted by molar-refractivity contribution is -0.384. The van der Waals surface area contributed by atoms with Gasteiger partial charge in [-0.05, 0) is 25.2 Å². The first kappa shape index (κ1) is 21.0. The van der Waals surface area contributed by atoms with Gasteiger partial charge in [-0.25, -0.2) is 4.39 Å². The third-order valence-corrected chi connectivity index (χ3v) is 5.15. The van der Waals surface area contributed by atoms with Crippen LogP contribution in [-0.4, -0.2) is 60.4 Å². The molecule has 0 radical (unpaired) electrons. The Labute approximate surface area is 173 Å². The standard InChI is InChI=1S/C20H22ClFN4O3/c1-23(13-15-4-2-3-5-17(15)22)14-20(27)25-10-8-24(9-11-25)18-7-6-16(21)12-19(18)26(28)29/h2-7,12H,8-11,13-14H2,1H3. The maximum absolute atomic E-state index is 13.8. The number of piperazine rings is 1. The summed E-state index contributed by atoms with van der Waals surface area (Å²) in [6.07, 6.45) is 0. The van der Waals surface area contributed by atoms with E-state index in [4.69, 9.17) is 11.6 Å². The van der Waals surface area contributed by atoms with Gasteiger partial charge < -0.3 is 9.80 Å². The highest BCUT2D eigenvalue weighted by atomic mass is 35.5. The minimum Gasteiger partial charge on any atom is -0.362 e. The van der Waals surface area contributed by atoms with E-state index >= 15 is 0 Å². The van der Waals surface area contributed by atoms with E-state index in [0.717, 1.165) is 0 Å². The Morgan fingerprint density at radius 1 is 1.21 bits per heavy atom. The smallest absolute Gasteiger partial charge is 0.294 e. The molecule has 1 heterocycles. The van der Waals surface area contributed by atoms with Gasteiger partial charge in [0.05, 0.1) is 11.5 Å². The predicted molar refractivity (Wildman–Crippen MR) is 110 cm³/mol. The molecule has 3 rings (SSSR count). The quantitative estimate of drug-likeness (QED) is 0.530. The molecule has 1 aliphatic rings. The fraction of sp³-hybridized carbons (Fsp3) is 0.350. The summed E-state index contributed by atoms with van der Waals surface area (Å²) in [5.74, 6) is -0.334. The highest BCUT2D eigenvalue weighted by Crippen LogP contribution is 2.31.